The van der Waals surface area contributed by atoms with Crippen molar-refractivity contribution >= 4 is 28.1 Å². The van der Waals surface area contributed by atoms with Crippen molar-refractivity contribution in [3.8, 4) is 0 Å². The number of aromatic nitrogens is 2. The minimum atomic E-state index is -0.332. The zero-order valence-electron chi connectivity index (χ0n) is 15.3. The van der Waals surface area contributed by atoms with Gasteiger partial charge in [-0.3, -0.25) is 18.8 Å². The minimum absolute atomic E-state index is 0.0897. The molecule has 2 aromatic rings. The topological polar surface area (TPSA) is 75.0 Å². The van der Waals surface area contributed by atoms with E-state index in [4.69, 9.17) is 0 Å². The Morgan fingerprint density at radius 2 is 1.81 bits per heavy atom. The molecule has 1 saturated carbocycles. The fourth-order valence-corrected chi connectivity index (χ4v) is 4.76. The zero-order valence-corrected chi connectivity index (χ0v) is 16.1. The van der Waals surface area contributed by atoms with Gasteiger partial charge in [0.1, 0.15) is 5.56 Å². The fraction of sp³-hybridized carbons (Fsp3) is 0.579. The first-order valence-electron chi connectivity index (χ1n) is 9.65. The van der Waals surface area contributed by atoms with E-state index in [9.17, 15) is 14.4 Å². The predicted molar refractivity (Wildman–Crippen MR) is 103 cm³/mol. The molecule has 8 heteroatoms. The molecule has 2 aliphatic rings. The second kappa shape index (κ2) is 7.80. The number of piperazine rings is 1. The van der Waals surface area contributed by atoms with Crippen LogP contribution in [0.2, 0.25) is 0 Å². The number of hydrogen-bond donors (Lipinski definition) is 0. The highest BCUT2D eigenvalue weighted by atomic mass is 32.1. The highest BCUT2D eigenvalue weighted by Gasteiger charge is 2.27. The van der Waals surface area contributed by atoms with Gasteiger partial charge in [0.05, 0.1) is 0 Å². The molecule has 0 aromatic carbocycles. The first-order valence-corrected chi connectivity index (χ1v) is 10.5. The van der Waals surface area contributed by atoms with Gasteiger partial charge >= 0.3 is 0 Å². The maximum atomic E-state index is 12.7. The number of rotatable bonds is 4. The molecule has 0 spiro atoms. The molecule has 3 heterocycles. The van der Waals surface area contributed by atoms with Gasteiger partial charge in [-0.1, -0.05) is 25.7 Å². The molecule has 1 saturated heterocycles. The smallest absolute Gasteiger partial charge is 0.271 e. The maximum Gasteiger partial charge on any atom is 0.271 e. The van der Waals surface area contributed by atoms with Crippen LogP contribution in [0, 0.1) is 5.92 Å². The molecule has 0 unspecified atom stereocenters. The molecule has 0 bridgehead atoms. The molecule has 0 atom stereocenters. The monoisotopic (exact) mass is 388 g/mol. The highest BCUT2D eigenvalue weighted by molar-refractivity contribution is 7.15. The summed E-state index contributed by atoms with van der Waals surface area (Å²) in [5.41, 5.74) is -0.242. The van der Waals surface area contributed by atoms with Crippen molar-refractivity contribution in [1.82, 2.24) is 19.2 Å². The molecule has 4 rings (SSSR count). The second-order valence-corrected chi connectivity index (χ2v) is 8.27. The lowest BCUT2D eigenvalue weighted by Gasteiger charge is -2.34. The van der Waals surface area contributed by atoms with Gasteiger partial charge in [0, 0.05) is 50.4 Å². The second-order valence-electron chi connectivity index (χ2n) is 7.39. The minimum Gasteiger partial charge on any atom is -0.339 e. The zero-order chi connectivity index (χ0) is 18.8. The quantitative estimate of drug-likeness (QED) is 0.803. The average molecular weight is 388 g/mol. The van der Waals surface area contributed by atoms with Crippen LogP contribution in [-0.2, 0) is 4.79 Å². The van der Waals surface area contributed by atoms with E-state index in [2.05, 4.69) is 4.98 Å². The van der Waals surface area contributed by atoms with Crippen LogP contribution in [0.3, 0.4) is 0 Å². The number of carbonyl (C=O) groups is 2. The summed E-state index contributed by atoms with van der Waals surface area (Å²) in [7, 11) is 0. The number of nitrogens with zero attached hydrogens (tertiary/aromatic N) is 4. The number of hydrogen-bond acceptors (Lipinski definition) is 5. The summed E-state index contributed by atoms with van der Waals surface area (Å²) in [5, 5.41) is 1.77. The van der Waals surface area contributed by atoms with Crippen molar-refractivity contribution < 1.29 is 9.59 Å². The van der Waals surface area contributed by atoms with E-state index < -0.39 is 0 Å². The lowest BCUT2D eigenvalue weighted by atomic mass is 10.0. The van der Waals surface area contributed by atoms with E-state index >= 15 is 0 Å². The van der Waals surface area contributed by atoms with E-state index in [0.717, 1.165) is 6.42 Å². The third-order valence-corrected chi connectivity index (χ3v) is 6.50. The van der Waals surface area contributed by atoms with Gasteiger partial charge in [-0.25, -0.2) is 4.98 Å². The molecule has 0 N–H and O–H groups in total. The van der Waals surface area contributed by atoms with Gasteiger partial charge in [-0.2, -0.15) is 0 Å². The van der Waals surface area contributed by atoms with Crippen LogP contribution in [0.1, 0.15) is 48.9 Å². The van der Waals surface area contributed by atoms with Gasteiger partial charge < -0.3 is 9.80 Å². The van der Waals surface area contributed by atoms with Crippen molar-refractivity contribution in [2.75, 3.05) is 26.2 Å². The largest absolute Gasteiger partial charge is 0.339 e. The molecule has 0 radical (unpaired) electrons. The summed E-state index contributed by atoms with van der Waals surface area (Å²) in [5.74, 6) is 0.603. The van der Waals surface area contributed by atoms with E-state index in [1.807, 2.05) is 4.90 Å². The number of thiazole rings is 1. The van der Waals surface area contributed by atoms with E-state index in [1.54, 1.807) is 16.5 Å². The molecular weight excluding hydrogens is 364 g/mol. The molecule has 2 fully saturated rings. The van der Waals surface area contributed by atoms with Crippen LogP contribution in [0.15, 0.2) is 22.6 Å². The van der Waals surface area contributed by atoms with Gasteiger partial charge in [0.2, 0.25) is 5.91 Å². The molecule has 2 aromatic heterocycles. The lowest BCUT2D eigenvalue weighted by molar-refractivity contribution is -0.133. The Balaban J connectivity index is 1.34. The molecule has 7 nitrogen and oxygen atoms in total. The number of carbonyl (C=O) groups excluding carboxylic acids is 2. The van der Waals surface area contributed by atoms with Crippen molar-refractivity contribution in [2.24, 2.45) is 5.92 Å². The molecule has 144 valence electrons. The van der Waals surface area contributed by atoms with Crippen molar-refractivity contribution in [3.63, 3.8) is 0 Å². The highest BCUT2D eigenvalue weighted by Crippen LogP contribution is 2.28. The van der Waals surface area contributed by atoms with Crippen LogP contribution in [0.5, 0.6) is 0 Å². The molecule has 1 aliphatic carbocycles. The normalized spacial score (nSPS) is 18.4. The van der Waals surface area contributed by atoms with Crippen LogP contribution in [0.4, 0.5) is 0 Å². The lowest BCUT2D eigenvalue weighted by Crippen LogP contribution is -2.51. The van der Waals surface area contributed by atoms with Gasteiger partial charge in [0.15, 0.2) is 4.96 Å². The Bertz CT molecular complexity index is 892. The maximum absolute atomic E-state index is 12.7. The van der Waals surface area contributed by atoms with E-state index in [-0.39, 0.29) is 22.9 Å². The first kappa shape index (κ1) is 18.2. The summed E-state index contributed by atoms with van der Waals surface area (Å²) in [6.07, 6.45) is 9.71. The van der Waals surface area contributed by atoms with Crippen molar-refractivity contribution in [1.29, 1.82) is 0 Å². The Morgan fingerprint density at radius 3 is 2.56 bits per heavy atom. The van der Waals surface area contributed by atoms with Gasteiger partial charge in [-0.15, -0.1) is 11.3 Å². The van der Waals surface area contributed by atoms with Gasteiger partial charge in [-0.05, 0) is 12.3 Å². The van der Waals surface area contributed by atoms with Crippen molar-refractivity contribution in [3.05, 3.63) is 33.7 Å². The Kier molecular flexibility index (Phi) is 5.24. The Labute approximate surface area is 161 Å². The summed E-state index contributed by atoms with van der Waals surface area (Å²) in [4.78, 5) is 45.9. The summed E-state index contributed by atoms with van der Waals surface area (Å²) in [6, 6.07) is 0. The molecular formula is C19H24N4O3S. The Morgan fingerprint density at radius 1 is 1.11 bits per heavy atom. The number of amides is 2. The fourth-order valence-electron chi connectivity index (χ4n) is 4.09. The van der Waals surface area contributed by atoms with E-state index in [1.165, 1.54) is 47.6 Å². The van der Waals surface area contributed by atoms with Crippen LogP contribution in [-0.4, -0.2) is 57.2 Å². The SMILES string of the molecule is O=C(CCC1CCCC1)N1CCN(C(=O)c2cnc3sccn3c2=O)CC1. The van der Waals surface area contributed by atoms with Gasteiger partial charge in [0.25, 0.3) is 11.5 Å². The standard InChI is InChI=1S/C19H24N4O3S/c24-16(6-5-14-3-1-2-4-14)21-7-9-22(10-8-21)17(25)15-13-20-19-23(18(15)26)11-12-27-19/h11-14H,1-10H2. The average Bonchev–Trinajstić information content (AvgIpc) is 3.38. The summed E-state index contributed by atoms with van der Waals surface area (Å²) >= 11 is 1.36. The molecule has 27 heavy (non-hydrogen) atoms. The predicted octanol–water partition coefficient (Wildman–Crippen LogP) is 2.01. The van der Waals surface area contributed by atoms with Crippen LogP contribution >= 0.6 is 11.3 Å². The summed E-state index contributed by atoms with van der Waals surface area (Å²) in [6.45, 7) is 1.98. The third kappa shape index (κ3) is 3.76. The molecule has 2 amide bonds. The van der Waals surface area contributed by atoms with E-state index in [0.29, 0.717) is 43.5 Å². The number of fused-ring (bicyclic) bond motifs is 1. The summed E-state index contributed by atoms with van der Waals surface area (Å²) < 4.78 is 1.40. The first-order chi connectivity index (χ1) is 13.1. The van der Waals surface area contributed by atoms with Crippen LogP contribution in [0.25, 0.3) is 4.96 Å². The Hall–Kier alpha value is -2.22. The third-order valence-electron chi connectivity index (χ3n) is 5.73. The van der Waals surface area contributed by atoms with Crippen molar-refractivity contribution in [2.45, 2.75) is 38.5 Å². The molecule has 1 aliphatic heterocycles. The van der Waals surface area contributed by atoms with Crippen LogP contribution < -0.4 is 5.56 Å².